The molecule has 0 aromatic rings. The number of methoxy groups -OCH3 is 1. The average molecular weight is 475 g/mol. The number of nitrogens with one attached hydrogen (secondary N) is 3. The highest BCUT2D eigenvalue weighted by Crippen LogP contribution is 2.43. The summed E-state index contributed by atoms with van der Waals surface area (Å²) >= 11 is 0. The summed E-state index contributed by atoms with van der Waals surface area (Å²) in [4.78, 5) is 28.8. The van der Waals surface area contributed by atoms with Gasteiger partial charge in [-0.05, 0) is 88.4 Å². The number of rotatable bonds is 4. The molecule has 5 rings (SSSR count). The van der Waals surface area contributed by atoms with Crippen molar-refractivity contribution < 1.29 is 14.3 Å². The molecule has 192 valence electrons. The number of nitrogens with zero attached hydrogens (tertiary/aromatic N) is 1. The lowest BCUT2D eigenvalue weighted by Crippen LogP contribution is -2.60. The zero-order valence-electron chi connectivity index (χ0n) is 21.6. The molecule has 3 saturated heterocycles. The zero-order valence-corrected chi connectivity index (χ0v) is 21.6. The van der Waals surface area contributed by atoms with Gasteiger partial charge in [-0.15, -0.1) is 0 Å². The van der Waals surface area contributed by atoms with Crippen LogP contribution in [-0.2, 0) is 14.3 Å². The number of hydrogen-bond donors (Lipinski definition) is 3. The Kier molecular flexibility index (Phi) is 7.25. The third-order valence-corrected chi connectivity index (χ3v) is 10.2. The van der Waals surface area contributed by atoms with Crippen molar-refractivity contribution in [3.8, 4) is 0 Å². The van der Waals surface area contributed by atoms with Crippen LogP contribution in [0.1, 0.15) is 71.6 Å². The highest BCUT2D eigenvalue weighted by molar-refractivity contribution is 5.82. The molecular formula is C27H46N4O3. The summed E-state index contributed by atoms with van der Waals surface area (Å²) in [6.45, 7) is 5.56. The molecule has 0 radical (unpaired) electrons. The van der Waals surface area contributed by atoms with Gasteiger partial charge in [-0.2, -0.15) is 0 Å². The summed E-state index contributed by atoms with van der Waals surface area (Å²) in [5.74, 6) is 2.58. The molecular weight excluding hydrogens is 428 g/mol. The first-order valence-electron chi connectivity index (χ1n) is 13.9. The lowest BCUT2D eigenvalue weighted by molar-refractivity contribution is -0.148. The van der Waals surface area contributed by atoms with Crippen molar-refractivity contribution in [3.63, 3.8) is 0 Å². The molecule has 0 aromatic carbocycles. The highest BCUT2D eigenvalue weighted by Gasteiger charge is 2.47. The minimum Gasteiger partial charge on any atom is -0.381 e. The Hall–Kier alpha value is -1.18. The van der Waals surface area contributed by atoms with Gasteiger partial charge in [-0.3, -0.25) is 9.59 Å². The third-order valence-electron chi connectivity index (χ3n) is 10.2. The van der Waals surface area contributed by atoms with Gasteiger partial charge >= 0.3 is 0 Å². The first-order valence-corrected chi connectivity index (χ1v) is 13.9. The number of carbonyl (C=O) groups is 2. The van der Waals surface area contributed by atoms with Gasteiger partial charge in [0.15, 0.2) is 0 Å². The second-order valence-electron chi connectivity index (χ2n) is 12.3. The molecule has 3 N–H and O–H groups in total. The van der Waals surface area contributed by atoms with E-state index in [1.165, 1.54) is 0 Å². The van der Waals surface area contributed by atoms with E-state index in [9.17, 15) is 9.59 Å². The van der Waals surface area contributed by atoms with Crippen LogP contribution in [0.25, 0.3) is 0 Å². The van der Waals surface area contributed by atoms with Gasteiger partial charge in [0.05, 0.1) is 12.1 Å². The molecule has 5 aliphatic rings. The summed E-state index contributed by atoms with van der Waals surface area (Å²) in [6.07, 6.45) is 9.61. The average Bonchev–Trinajstić information content (AvgIpc) is 3.26. The van der Waals surface area contributed by atoms with Gasteiger partial charge in [-0.25, -0.2) is 0 Å². The maximum absolute atomic E-state index is 13.5. The third kappa shape index (κ3) is 4.77. The molecule has 3 heterocycles. The van der Waals surface area contributed by atoms with E-state index in [0.717, 1.165) is 64.3 Å². The predicted octanol–water partition coefficient (Wildman–Crippen LogP) is 2.30. The Balaban J connectivity index is 1.19. The summed E-state index contributed by atoms with van der Waals surface area (Å²) in [5.41, 5.74) is 0. The van der Waals surface area contributed by atoms with E-state index in [2.05, 4.69) is 34.7 Å². The molecule has 11 unspecified atom stereocenters. The van der Waals surface area contributed by atoms with Gasteiger partial charge < -0.3 is 25.6 Å². The smallest absolute Gasteiger partial charge is 0.237 e. The van der Waals surface area contributed by atoms with Crippen LogP contribution in [-0.4, -0.2) is 73.7 Å². The molecule has 0 spiro atoms. The number of likely N-dealkylation sites (tertiary alicyclic amines) is 1. The van der Waals surface area contributed by atoms with Crippen molar-refractivity contribution in [3.05, 3.63) is 0 Å². The maximum Gasteiger partial charge on any atom is 0.237 e. The molecule has 0 aromatic heterocycles. The van der Waals surface area contributed by atoms with E-state index >= 15 is 0 Å². The van der Waals surface area contributed by atoms with Crippen molar-refractivity contribution in [1.82, 2.24) is 20.9 Å². The van der Waals surface area contributed by atoms with Crippen LogP contribution in [0.5, 0.6) is 0 Å². The predicted molar refractivity (Wildman–Crippen MR) is 132 cm³/mol. The SMILES string of the molecule is COC1CCC2NC(C(=O)NC3CCC(C)C(C4CC5CNC(C)CC5N(C)C4=O)C3)CC2C1. The Labute approximate surface area is 205 Å². The van der Waals surface area contributed by atoms with Crippen molar-refractivity contribution in [2.75, 3.05) is 20.7 Å². The van der Waals surface area contributed by atoms with Gasteiger partial charge in [0.1, 0.15) is 0 Å². The van der Waals surface area contributed by atoms with E-state index in [1.54, 1.807) is 7.11 Å². The molecule has 7 nitrogen and oxygen atoms in total. The fourth-order valence-electron chi connectivity index (χ4n) is 8.13. The van der Waals surface area contributed by atoms with Crippen LogP contribution in [0.4, 0.5) is 0 Å². The van der Waals surface area contributed by atoms with E-state index in [0.29, 0.717) is 53.8 Å². The zero-order chi connectivity index (χ0) is 24.0. The Morgan fingerprint density at radius 3 is 2.65 bits per heavy atom. The molecule has 11 atom stereocenters. The molecule has 7 heteroatoms. The summed E-state index contributed by atoms with van der Waals surface area (Å²) in [5, 5.41) is 10.7. The fourth-order valence-corrected chi connectivity index (χ4v) is 8.13. The van der Waals surface area contributed by atoms with Crippen LogP contribution in [0, 0.1) is 29.6 Å². The second-order valence-corrected chi connectivity index (χ2v) is 12.3. The van der Waals surface area contributed by atoms with Gasteiger partial charge in [0.2, 0.25) is 11.8 Å². The van der Waals surface area contributed by atoms with Crippen LogP contribution >= 0.6 is 0 Å². The van der Waals surface area contributed by atoms with E-state index in [4.69, 9.17) is 4.74 Å². The number of carbonyl (C=O) groups excluding carboxylic acids is 2. The Morgan fingerprint density at radius 2 is 1.85 bits per heavy atom. The number of fused-ring (bicyclic) bond motifs is 2. The second kappa shape index (κ2) is 10.1. The molecule has 5 fully saturated rings. The maximum atomic E-state index is 13.5. The van der Waals surface area contributed by atoms with Gasteiger partial charge in [0, 0.05) is 50.8 Å². The molecule has 2 saturated carbocycles. The van der Waals surface area contributed by atoms with Crippen LogP contribution < -0.4 is 16.0 Å². The number of ether oxygens (including phenoxy) is 1. The summed E-state index contributed by atoms with van der Waals surface area (Å²) in [6, 6.07) is 1.42. The summed E-state index contributed by atoms with van der Waals surface area (Å²) < 4.78 is 5.59. The minimum absolute atomic E-state index is 0.0816. The normalized spacial score (nSPS) is 47.1. The molecule has 2 aliphatic carbocycles. The topological polar surface area (TPSA) is 82.7 Å². The Morgan fingerprint density at radius 1 is 1.03 bits per heavy atom. The highest BCUT2D eigenvalue weighted by atomic mass is 16.5. The van der Waals surface area contributed by atoms with Gasteiger partial charge in [0.25, 0.3) is 0 Å². The summed E-state index contributed by atoms with van der Waals surface area (Å²) in [7, 11) is 3.83. The molecule has 3 aliphatic heterocycles. The van der Waals surface area contributed by atoms with Crippen LogP contribution in [0.3, 0.4) is 0 Å². The van der Waals surface area contributed by atoms with Crippen molar-refractivity contribution in [2.24, 2.45) is 29.6 Å². The quantitative estimate of drug-likeness (QED) is 0.582. The molecule has 34 heavy (non-hydrogen) atoms. The van der Waals surface area contributed by atoms with Crippen LogP contribution in [0.15, 0.2) is 0 Å². The minimum atomic E-state index is -0.0816. The van der Waals surface area contributed by atoms with E-state index < -0.39 is 0 Å². The first kappa shape index (κ1) is 24.5. The standard InChI is InChI=1S/C27H46N4O3/c1-15-5-6-19(29-26(32)24-12-17-10-20(34-4)7-8-23(17)30-24)13-21(15)22-11-18-14-28-16(2)9-25(18)31(3)27(22)33/h15-25,28,30H,5-14H2,1-4H3,(H,29,32). The lowest BCUT2D eigenvalue weighted by atomic mass is 9.65. The van der Waals surface area contributed by atoms with Crippen molar-refractivity contribution in [2.45, 2.75) is 108 Å². The number of hydrogen-bond acceptors (Lipinski definition) is 5. The van der Waals surface area contributed by atoms with Crippen molar-refractivity contribution in [1.29, 1.82) is 0 Å². The van der Waals surface area contributed by atoms with Gasteiger partial charge in [-0.1, -0.05) is 6.92 Å². The first-order chi connectivity index (χ1) is 16.3. The van der Waals surface area contributed by atoms with Crippen LogP contribution in [0.2, 0.25) is 0 Å². The number of amides is 2. The number of piperidine rings is 2. The fraction of sp³-hybridized carbons (Fsp3) is 0.926. The Bertz CT molecular complexity index is 762. The van der Waals surface area contributed by atoms with E-state index in [1.807, 2.05) is 7.05 Å². The van der Waals surface area contributed by atoms with Crippen molar-refractivity contribution >= 4 is 11.8 Å². The lowest BCUT2D eigenvalue weighted by Gasteiger charge is -2.50. The monoisotopic (exact) mass is 474 g/mol. The largest absolute Gasteiger partial charge is 0.381 e. The van der Waals surface area contributed by atoms with E-state index in [-0.39, 0.29) is 23.9 Å². The molecule has 2 amide bonds. The molecule has 0 bridgehead atoms.